The van der Waals surface area contributed by atoms with Crippen LogP contribution in [-0.4, -0.2) is 18.9 Å². The molecule has 74 valence electrons. The molecule has 2 rings (SSSR count). The molecule has 3 heteroatoms. The van der Waals surface area contributed by atoms with Crippen LogP contribution in [0, 0.1) is 17.3 Å². The number of nitrogens with one attached hydrogen (secondary N) is 1. The molecule has 2 nitrogen and oxygen atoms in total. The van der Waals surface area contributed by atoms with Crippen LogP contribution in [0.1, 0.15) is 13.8 Å². The van der Waals surface area contributed by atoms with E-state index in [0.29, 0.717) is 11.7 Å². The molecule has 0 radical (unpaired) electrons. The number of rotatable bonds is 0. The molecule has 0 spiro atoms. The Kier molecular flexibility index (Phi) is 2.83. The third-order valence-corrected chi connectivity index (χ3v) is 3.21. The van der Waals surface area contributed by atoms with Crippen LogP contribution >= 0.6 is 12.4 Å². The van der Waals surface area contributed by atoms with Gasteiger partial charge < -0.3 is 5.32 Å². The molecule has 2 aliphatic rings. The van der Waals surface area contributed by atoms with Crippen molar-refractivity contribution in [2.24, 2.45) is 17.3 Å². The lowest BCUT2D eigenvalue weighted by Crippen LogP contribution is -2.35. The molecule has 1 aliphatic heterocycles. The Bertz CT molecular complexity index is 247. The maximum atomic E-state index is 11.4. The van der Waals surface area contributed by atoms with E-state index in [1.54, 1.807) is 6.08 Å². The summed E-state index contributed by atoms with van der Waals surface area (Å²) in [6, 6.07) is 0. The molecule has 0 aromatic carbocycles. The second kappa shape index (κ2) is 3.43. The Morgan fingerprint density at radius 1 is 1.46 bits per heavy atom. The van der Waals surface area contributed by atoms with Gasteiger partial charge in [0.15, 0.2) is 5.78 Å². The summed E-state index contributed by atoms with van der Waals surface area (Å²) < 4.78 is 0. The summed E-state index contributed by atoms with van der Waals surface area (Å²) in [6.45, 7) is 6.28. The number of halogens is 1. The highest BCUT2D eigenvalue weighted by atomic mass is 35.5. The summed E-state index contributed by atoms with van der Waals surface area (Å²) in [5, 5.41) is 3.29. The lowest BCUT2D eigenvalue weighted by Gasteiger charge is -2.34. The minimum atomic E-state index is 0. The van der Waals surface area contributed by atoms with Crippen LogP contribution in [0.3, 0.4) is 0 Å². The van der Waals surface area contributed by atoms with Crippen LogP contribution in [0.4, 0.5) is 0 Å². The van der Waals surface area contributed by atoms with Gasteiger partial charge in [-0.25, -0.2) is 0 Å². The first-order chi connectivity index (χ1) is 5.61. The fourth-order valence-corrected chi connectivity index (χ4v) is 2.30. The number of ketones is 1. The number of allylic oxidation sites excluding steroid dienone is 2. The Hall–Kier alpha value is -0.340. The number of carbonyl (C=O) groups is 1. The van der Waals surface area contributed by atoms with Gasteiger partial charge in [0.05, 0.1) is 0 Å². The van der Waals surface area contributed by atoms with Crippen LogP contribution in [0.5, 0.6) is 0 Å². The maximum absolute atomic E-state index is 11.4. The normalized spacial score (nSPS) is 35.4. The molecule has 0 bridgehead atoms. The fraction of sp³-hybridized carbons (Fsp3) is 0.700. The molecule has 0 aromatic heterocycles. The van der Waals surface area contributed by atoms with E-state index in [2.05, 4.69) is 25.2 Å². The monoisotopic (exact) mass is 201 g/mol. The van der Waals surface area contributed by atoms with E-state index in [1.165, 1.54) is 0 Å². The van der Waals surface area contributed by atoms with Crippen LogP contribution in [0.15, 0.2) is 12.2 Å². The lowest BCUT2D eigenvalue weighted by molar-refractivity contribution is -0.120. The van der Waals surface area contributed by atoms with Crippen molar-refractivity contribution in [1.82, 2.24) is 5.32 Å². The average molecular weight is 202 g/mol. The average Bonchev–Trinajstić information content (AvgIpc) is 2.46. The molecule has 0 aromatic rings. The molecule has 1 heterocycles. The SMILES string of the molecule is CC1(C)C=CC(=O)C2CNCC21.Cl. The van der Waals surface area contributed by atoms with Gasteiger partial charge in [0.1, 0.15) is 0 Å². The zero-order valence-electron chi connectivity index (χ0n) is 8.04. The van der Waals surface area contributed by atoms with Crippen LogP contribution in [0.2, 0.25) is 0 Å². The summed E-state index contributed by atoms with van der Waals surface area (Å²) >= 11 is 0. The van der Waals surface area contributed by atoms with Crippen molar-refractivity contribution in [1.29, 1.82) is 0 Å². The summed E-state index contributed by atoms with van der Waals surface area (Å²) in [5.41, 5.74) is 0.197. The second-order valence-corrected chi connectivity index (χ2v) is 4.43. The molecule has 0 amide bonds. The number of fused-ring (bicyclic) bond motifs is 1. The Morgan fingerprint density at radius 2 is 2.15 bits per heavy atom. The molecule has 13 heavy (non-hydrogen) atoms. The highest BCUT2D eigenvalue weighted by Gasteiger charge is 2.42. The highest BCUT2D eigenvalue weighted by molar-refractivity contribution is 5.93. The quantitative estimate of drug-likeness (QED) is 0.642. The van der Waals surface area contributed by atoms with E-state index in [1.807, 2.05) is 0 Å². The van der Waals surface area contributed by atoms with Crippen molar-refractivity contribution in [2.45, 2.75) is 13.8 Å². The predicted molar refractivity (Wildman–Crippen MR) is 55.0 cm³/mol. The smallest absolute Gasteiger partial charge is 0.160 e. The zero-order chi connectivity index (χ0) is 8.77. The molecule has 2 unspecified atom stereocenters. The topological polar surface area (TPSA) is 29.1 Å². The van der Waals surface area contributed by atoms with E-state index >= 15 is 0 Å². The third kappa shape index (κ3) is 1.65. The van der Waals surface area contributed by atoms with Crippen LogP contribution in [-0.2, 0) is 4.79 Å². The van der Waals surface area contributed by atoms with Gasteiger partial charge in [-0.3, -0.25) is 4.79 Å². The Morgan fingerprint density at radius 3 is 2.77 bits per heavy atom. The number of carbonyl (C=O) groups excluding carboxylic acids is 1. The van der Waals surface area contributed by atoms with Gasteiger partial charge in [0, 0.05) is 12.5 Å². The minimum absolute atomic E-state index is 0. The molecule has 2 atom stereocenters. The van der Waals surface area contributed by atoms with Crippen molar-refractivity contribution >= 4 is 18.2 Å². The minimum Gasteiger partial charge on any atom is -0.316 e. The lowest BCUT2D eigenvalue weighted by atomic mass is 9.68. The van der Waals surface area contributed by atoms with Gasteiger partial charge in [-0.2, -0.15) is 0 Å². The van der Waals surface area contributed by atoms with Gasteiger partial charge in [-0.1, -0.05) is 19.9 Å². The summed E-state index contributed by atoms with van der Waals surface area (Å²) in [5.74, 6) is 1.06. The molecule has 1 N–H and O–H groups in total. The van der Waals surface area contributed by atoms with Crippen molar-refractivity contribution < 1.29 is 4.79 Å². The van der Waals surface area contributed by atoms with E-state index in [9.17, 15) is 4.79 Å². The molecule has 0 saturated carbocycles. The van der Waals surface area contributed by atoms with Gasteiger partial charge >= 0.3 is 0 Å². The van der Waals surface area contributed by atoms with Gasteiger partial charge in [0.2, 0.25) is 0 Å². The predicted octanol–water partition coefficient (Wildman–Crippen LogP) is 1.41. The molecule has 1 aliphatic carbocycles. The second-order valence-electron chi connectivity index (χ2n) is 4.43. The number of hydrogen-bond donors (Lipinski definition) is 1. The van der Waals surface area contributed by atoms with E-state index in [4.69, 9.17) is 0 Å². The summed E-state index contributed by atoms with van der Waals surface area (Å²) in [6.07, 6.45) is 3.82. The largest absolute Gasteiger partial charge is 0.316 e. The van der Waals surface area contributed by atoms with Gasteiger partial charge in [0.25, 0.3) is 0 Å². The summed E-state index contributed by atoms with van der Waals surface area (Å²) in [4.78, 5) is 11.4. The first kappa shape index (κ1) is 10.7. The van der Waals surface area contributed by atoms with Gasteiger partial charge in [-0.05, 0) is 24.0 Å². The fourth-order valence-electron chi connectivity index (χ4n) is 2.30. The van der Waals surface area contributed by atoms with Gasteiger partial charge in [-0.15, -0.1) is 12.4 Å². The highest BCUT2D eigenvalue weighted by Crippen LogP contribution is 2.39. The summed E-state index contributed by atoms with van der Waals surface area (Å²) in [7, 11) is 0. The van der Waals surface area contributed by atoms with Crippen LogP contribution < -0.4 is 5.32 Å². The Balaban J connectivity index is 0.000000845. The molecule has 1 fully saturated rings. The van der Waals surface area contributed by atoms with Crippen molar-refractivity contribution in [2.75, 3.05) is 13.1 Å². The van der Waals surface area contributed by atoms with Crippen molar-refractivity contribution in [3.8, 4) is 0 Å². The zero-order valence-corrected chi connectivity index (χ0v) is 8.86. The van der Waals surface area contributed by atoms with E-state index in [0.717, 1.165) is 13.1 Å². The maximum Gasteiger partial charge on any atom is 0.160 e. The van der Waals surface area contributed by atoms with E-state index in [-0.39, 0.29) is 23.7 Å². The van der Waals surface area contributed by atoms with E-state index < -0.39 is 0 Å². The van der Waals surface area contributed by atoms with Crippen molar-refractivity contribution in [3.05, 3.63) is 12.2 Å². The Labute approximate surface area is 85.2 Å². The first-order valence-corrected chi connectivity index (χ1v) is 4.55. The molecule has 1 saturated heterocycles. The first-order valence-electron chi connectivity index (χ1n) is 4.55. The third-order valence-electron chi connectivity index (χ3n) is 3.21. The molecular formula is C10H16ClNO. The standard InChI is InChI=1S/C10H15NO.ClH/c1-10(2)4-3-9(12)7-5-11-6-8(7)10;/h3-4,7-8,11H,5-6H2,1-2H3;1H. The molecular weight excluding hydrogens is 186 g/mol. The number of hydrogen-bond acceptors (Lipinski definition) is 2. The van der Waals surface area contributed by atoms with Crippen LogP contribution in [0.25, 0.3) is 0 Å². The van der Waals surface area contributed by atoms with Crippen molar-refractivity contribution in [3.63, 3.8) is 0 Å².